The largest absolute Gasteiger partial charge is 0.507 e. The first-order chi connectivity index (χ1) is 5.79. The van der Waals surface area contributed by atoms with Crippen molar-refractivity contribution in [1.29, 1.82) is 0 Å². The summed E-state index contributed by atoms with van der Waals surface area (Å²) in [7, 11) is 0. The molecule has 2 aromatic carbocycles. The van der Waals surface area contributed by atoms with Gasteiger partial charge in [0.2, 0.25) is 0 Å². The maximum absolute atomic E-state index is 9.39. The van der Waals surface area contributed by atoms with Crippen LogP contribution in [-0.4, -0.2) is 10.2 Å². The van der Waals surface area contributed by atoms with Gasteiger partial charge in [-0.15, -0.1) is 0 Å². The number of hydrogen-bond donors (Lipinski definition) is 2. The third-order valence-corrected chi connectivity index (χ3v) is 1.86. The van der Waals surface area contributed by atoms with Gasteiger partial charge >= 0.3 is 0 Å². The molecule has 2 N–H and O–H groups in total. The molecule has 0 fully saturated rings. The molecule has 2 aromatic rings. The van der Waals surface area contributed by atoms with Crippen molar-refractivity contribution in [1.82, 2.24) is 0 Å². The Morgan fingerprint density at radius 2 is 1.14 bits per heavy atom. The molecule has 2 nitrogen and oxygen atoms in total. The van der Waals surface area contributed by atoms with E-state index in [-0.39, 0.29) is 76.9 Å². The first-order valence-electron chi connectivity index (χ1n) is 3.69. The monoisotopic (exact) mass is 338 g/mol. The SMILES string of the molecule is Oc1cccc2cccc(O)c12.[Y].[Y]. The third kappa shape index (κ3) is 2.76. The van der Waals surface area contributed by atoms with Gasteiger partial charge < -0.3 is 10.2 Å². The summed E-state index contributed by atoms with van der Waals surface area (Å²) < 4.78 is 0. The summed E-state index contributed by atoms with van der Waals surface area (Å²) in [6.45, 7) is 0. The van der Waals surface area contributed by atoms with Crippen LogP contribution in [-0.2, 0) is 65.4 Å². The maximum Gasteiger partial charge on any atom is 0.127 e. The Labute approximate surface area is 132 Å². The van der Waals surface area contributed by atoms with E-state index in [0.29, 0.717) is 5.39 Å². The van der Waals surface area contributed by atoms with Gasteiger partial charge in [-0.05, 0) is 17.5 Å². The third-order valence-electron chi connectivity index (χ3n) is 1.86. The molecule has 0 amide bonds. The fraction of sp³-hybridized carbons (Fsp3) is 0. The Balaban J connectivity index is 0.000000845. The Morgan fingerprint density at radius 1 is 0.714 bits per heavy atom. The molecule has 0 aliphatic carbocycles. The fourth-order valence-electron chi connectivity index (χ4n) is 1.30. The predicted molar refractivity (Wildman–Crippen MR) is 47.3 cm³/mol. The number of aromatic hydroxyl groups is 2. The van der Waals surface area contributed by atoms with Gasteiger partial charge in [0.1, 0.15) is 11.5 Å². The van der Waals surface area contributed by atoms with Crippen LogP contribution in [0.5, 0.6) is 11.5 Å². The zero-order valence-corrected chi connectivity index (χ0v) is 13.2. The summed E-state index contributed by atoms with van der Waals surface area (Å²) in [6, 6.07) is 10.3. The topological polar surface area (TPSA) is 40.5 Å². The molecular formula is C10H8O2Y2. The van der Waals surface area contributed by atoms with Crippen LogP contribution in [0.25, 0.3) is 10.8 Å². The molecule has 0 unspecified atom stereocenters. The Hall–Kier alpha value is 0.508. The van der Waals surface area contributed by atoms with E-state index in [1.807, 2.05) is 12.1 Å². The van der Waals surface area contributed by atoms with Gasteiger partial charge in [0.15, 0.2) is 0 Å². The molecule has 2 rings (SSSR count). The van der Waals surface area contributed by atoms with Gasteiger partial charge in [-0.3, -0.25) is 0 Å². The fourth-order valence-corrected chi connectivity index (χ4v) is 1.30. The van der Waals surface area contributed by atoms with Gasteiger partial charge in [-0.25, -0.2) is 0 Å². The van der Waals surface area contributed by atoms with Crippen LogP contribution >= 0.6 is 0 Å². The predicted octanol–water partition coefficient (Wildman–Crippen LogP) is 2.25. The molecule has 0 aliphatic rings. The van der Waals surface area contributed by atoms with Crippen LogP contribution in [0.2, 0.25) is 0 Å². The second-order valence-electron chi connectivity index (χ2n) is 2.65. The number of benzene rings is 2. The van der Waals surface area contributed by atoms with Gasteiger partial charge in [0.25, 0.3) is 0 Å². The molecule has 0 aromatic heterocycles. The van der Waals surface area contributed by atoms with E-state index in [1.54, 1.807) is 24.3 Å². The van der Waals surface area contributed by atoms with E-state index in [1.165, 1.54) is 0 Å². The summed E-state index contributed by atoms with van der Waals surface area (Å²) in [5, 5.41) is 20.1. The van der Waals surface area contributed by atoms with Crippen molar-refractivity contribution in [2.75, 3.05) is 0 Å². The van der Waals surface area contributed by atoms with E-state index in [0.717, 1.165) is 5.39 Å². The summed E-state index contributed by atoms with van der Waals surface area (Å²) in [5.41, 5.74) is 0. The molecule has 0 aliphatic heterocycles. The Kier molecular flexibility index (Phi) is 6.39. The molecule has 2 radical (unpaired) electrons. The molecule has 4 heteroatoms. The van der Waals surface area contributed by atoms with Crippen molar-refractivity contribution in [3.8, 4) is 11.5 Å². The summed E-state index contributed by atoms with van der Waals surface area (Å²) in [5.74, 6) is 0.233. The van der Waals surface area contributed by atoms with Crippen LogP contribution in [0.3, 0.4) is 0 Å². The average molecular weight is 338 g/mol. The van der Waals surface area contributed by atoms with Gasteiger partial charge in [0.05, 0.1) is 5.39 Å². The average Bonchev–Trinajstić information content (AvgIpc) is 2.04. The number of rotatable bonds is 0. The second-order valence-corrected chi connectivity index (χ2v) is 2.65. The maximum atomic E-state index is 9.39. The van der Waals surface area contributed by atoms with Gasteiger partial charge in [-0.1, -0.05) is 24.3 Å². The first kappa shape index (κ1) is 14.5. The Morgan fingerprint density at radius 3 is 1.50 bits per heavy atom. The van der Waals surface area contributed by atoms with Crippen molar-refractivity contribution in [3.05, 3.63) is 36.4 Å². The zero-order chi connectivity index (χ0) is 8.55. The van der Waals surface area contributed by atoms with Crippen LogP contribution < -0.4 is 0 Å². The van der Waals surface area contributed by atoms with Crippen LogP contribution in [0.1, 0.15) is 0 Å². The van der Waals surface area contributed by atoms with E-state index in [2.05, 4.69) is 0 Å². The molecule has 0 saturated heterocycles. The minimum atomic E-state index is 0. The molecule has 0 spiro atoms. The number of hydrogen-bond acceptors (Lipinski definition) is 2. The minimum Gasteiger partial charge on any atom is -0.507 e. The molecule has 0 bridgehead atoms. The van der Waals surface area contributed by atoms with E-state index < -0.39 is 0 Å². The van der Waals surface area contributed by atoms with Crippen molar-refractivity contribution >= 4 is 10.8 Å². The van der Waals surface area contributed by atoms with Crippen molar-refractivity contribution < 1.29 is 75.6 Å². The molecule has 0 atom stereocenters. The van der Waals surface area contributed by atoms with Crippen molar-refractivity contribution in [3.63, 3.8) is 0 Å². The van der Waals surface area contributed by atoms with Gasteiger partial charge in [0, 0.05) is 65.4 Å². The number of phenolic OH excluding ortho intramolecular Hbond substituents is 2. The smallest absolute Gasteiger partial charge is 0.127 e. The first-order valence-corrected chi connectivity index (χ1v) is 3.69. The summed E-state index contributed by atoms with van der Waals surface area (Å²) in [4.78, 5) is 0. The van der Waals surface area contributed by atoms with E-state index >= 15 is 0 Å². The summed E-state index contributed by atoms with van der Waals surface area (Å²) in [6.07, 6.45) is 0. The quantitative estimate of drug-likeness (QED) is 0.774. The molecular weight excluding hydrogens is 330 g/mol. The normalized spacial score (nSPS) is 8.86. The van der Waals surface area contributed by atoms with Crippen LogP contribution in [0.4, 0.5) is 0 Å². The summed E-state index contributed by atoms with van der Waals surface area (Å²) >= 11 is 0. The van der Waals surface area contributed by atoms with E-state index in [9.17, 15) is 10.2 Å². The zero-order valence-electron chi connectivity index (χ0n) is 7.51. The van der Waals surface area contributed by atoms with Crippen molar-refractivity contribution in [2.45, 2.75) is 0 Å². The van der Waals surface area contributed by atoms with Gasteiger partial charge in [-0.2, -0.15) is 0 Å². The number of fused-ring (bicyclic) bond motifs is 1. The second kappa shape index (κ2) is 6.17. The minimum absolute atomic E-state index is 0. The number of phenols is 2. The Bertz CT molecular complexity index is 393. The van der Waals surface area contributed by atoms with E-state index in [4.69, 9.17) is 0 Å². The molecule has 66 valence electrons. The molecule has 14 heavy (non-hydrogen) atoms. The standard InChI is InChI=1S/C10H8O2.2Y/c11-8-5-1-3-7-4-2-6-9(12)10(7)8;;/h1-6,11-12H;;. The molecule has 0 heterocycles. The molecule has 0 saturated carbocycles. The van der Waals surface area contributed by atoms with Crippen molar-refractivity contribution in [2.24, 2.45) is 0 Å². The van der Waals surface area contributed by atoms with Crippen LogP contribution in [0.15, 0.2) is 36.4 Å². The van der Waals surface area contributed by atoms with Crippen LogP contribution in [0, 0.1) is 0 Å².